The second kappa shape index (κ2) is 8.23. The van der Waals surface area contributed by atoms with Crippen LogP contribution in [0.3, 0.4) is 0 Å². The van der Waals surface area contributed by atoms with Crippen LogP contribution in [0.15, 0.2) is 24.5 Å². The molecule has 176 valence electrons. The lowest BCUT2D eigenvalue weighted by Crippen LogP contribution is -2.56. The Kier molecular flexibility index (Phi) is 5.37. The average molecular weight is 463 g/mol. The summed E-state index contributed by atoms with van der Waals surface area (Å²) in [4.78, 5) is 30.9. The SMILES string of the molecule is O=C(Nc1cc(O)ncn1)N1c2nc(N3CCCC(C(F)(F)F)C3)ccc2N2CCC[C@H]1C2. The third-order valence-electron chi connectivity index (χ3n) is 6.49. The Morgan fingerprint density at radius 3 is 2.67 bits per heavy atom. The van der Waals surface area contributed by atoms with Gasteiger partial charge < -0.3 is 14.9 Å². The van der Waals surface area contributed by atoms with E-state index in [1.165, 1.54) is 6.07 Å². The van der Waals surface area contributed by atoms with E-state index >= 15 is 0 Å². The zero-order valence-corrected chi connectivity index (χ0v) is 17.8. The Balaban J connectivity index is 1.46. The van der Waals surface area contributed by atoms with Crippen molar-refractivity contribution in [3.63, 3.8) is 0 Å². The van der Waals surface area contributed by atoms with Gasteiger partial charge in [0.25, 0.3) is 0 Å². The van der Waals surface area contributed by atoms with E-state index in [-0.39, 0.29) is 30.7 Å². The van der Waals surface area contributed by atoms with E-state index in [2.05, 4.69) is 20.2 Å². The van der Waals surface area contributed by atoms with Gasteiger partial charge in [0.2, 0.25) is 5.88 Å². The maximum atomic E-state index is 13.3. The summed E-state index contributed by atoms with van der Waals surface area (Å²) in [6, 6.07) is 4.23. The zero-order valence-electron chi connectivity index (χ0n) is 17.8. The number of anilines is 4. The van der Waals surface area contributed by atoms with Crippen molar-refractivity contribution in [3.8, 4) is 5.88 Å². The first-order valence-electron chi connectivity index (χ1n) is 11.0. The molecular weight excluding hydrogens is 439 g/mol. The largest absolute Gasteiger partial charge is 0.493 e. The number of carbonyl (C=O) groups is 1. The van der Waals surface area contributed by atoms with Crippen molar-refractivity contribution in [1.29, 1.82) is 0 Å². The summed E-state index contributed by atoms with van der Waals surface area (Å²) in [7, 11) is 0. The van der Waals surface area contributed by atoms with Gasteiger partial charge in [-0.05, 0) is 37.8 Å². The van der Waals surface area contributed by atoms with Gasteiger partial charge in [-0.3, -0.25) is 10.2 Å². The standard InChI is InChI=1S/C21H24F3N7O2/c22-21(23,24)13-3-1-8-30(10-13)17-6-5-15-19(28-17)31(14-4-2-7-29(15)11-14)20(33)27-16-9-18(32)26-12-25-16/h5-6,9,12-14H,1-4,7-8,10-11H2,(H2,25,26,27,32,33)/t13?,14-/m0/s1. The topological polar surface area (TPSA) is 97.7 Å². The van der Waals surface area contributed by atoms with Crippen LogP contribution in [0.5, 0.6) is 5.88 Å². The number of piperidine rings is 2. The van der Waals surface area contributed by atoms with E-state index in [9.17, 15) is 23.1 Å². The van der Waals surface area contributed by atoms with Gasteiger partial charge in [0.1, 0.15) is 18.0 Å². The van der Waals surface area contributed by atoms with Crippen LogP contribution in [0, 0.1) is 5.92 Å². The number of urea groups is 1. The molecule has 0 radical (unpaired) electrons. The molecule has 2 atom stereocenters. The lowest BCUT2D eigenvalue weighted by molar-refractivity contribution is -0.176. The quantitative estimate of drug-likeness (QED) is 0.705. The zero-order chi connectivity index (χ0) is 23.2. The van der Waals surface area contributed by atoms with Crippen molar-refractivity contribution in [2.75, 3.05) is 46.2 Å². The summed E-state index contributed by atoms with van der Waals surface area (Å²) in [5.74, 6) is -0.660. The highest BCUT2D eigenvalue weighted by Gasteiger charge is 2.43. The van der Waals surface area contributed by atoms with Gasteiger partial charge in [-0.1, -0.05) is 0 Å². The molecular formula is C21H24F3N7O2. The van der Waals surface area contributed by atoms with Crippen LogP contribution in [-0.2, 0) is 0 Å². The number of hydrogen-bond acceptors (Lipinski definition) is 7. The molecule has 0 aliphatic carbocycles. The fraction of sp³-hybridized carbons (Fsp3) is 0.524. The summed E-state index contributed by atoms with van der Waals surface area (Å²) in [5.41, 5.74) is 0.778. The average Bonchev–Trinajstić information content (AvgIpc) is 2.78. The minimum atomic E-state index is -4.25. The van der Waals surface area contributed by atoms with Crippen LogP contribution in [0.2, 0.25) is 0 Å². The molecule has 5 heterocycles. The molecule has 2 N–H and O–H groups in total. The number of aromatic hydroxyl groups is 1. The number of carbonyl (C=O) groups excluding carboxylic acids is 1. The highest BCUT2D eigenvalue weighted by Crippen LogP contribution is 2.41. The van der Waals surface area contributed by atoms with E-state index in [1.54, 1.807) is 15.9 Å². The molecule has 33 heavy (non-hydrogen) atoms. The molecule has 2 aromatic rings. The molecule has 3 aliphatic rings. The van der Waals surface area contributed by atoms with Crippen molar-refractivity contribution >= 4 is 29.2 Å². The Bertz CT molecular complexity index is 1050. The predicted octanol–water partition coefficient (Wildman–Crippen LogP) is 3.38. The van der Waals surface area contributed by atoms with Crippen molar-refractivity contribution in [1.82, 2.24) is 15.0 Å². The number of fused-ring (bicyclic) bond motifs is 4. The van der Waals surface area contributed by atoms with Crippen molar-refractivity contribution in [2.24, 2.45) is 5.92 Å². The van der Waals surface area contributed by atoms with Crippen LogP contribution in [0.4, 0.5) is 41.1 Å². The smallest absolute Gasteiger partial charge is 0.393 e. The van der Waals surface area contributed by atoms with Gasteiger partial charge in [0, 0.05) is 32.2 Å². The summed E-state index contributed by atoms with van der Waals surface area (Å²) in [6.45, 7) is 1.82. The summed E-state index contributed by atoms with van der Waals surface area (Å²) in [5, 5.41) is 12.3. The molecule has 2 bridgehead atoms. The first-order chi connectivity index (χ1) is 15.8. The molecule has 2 saturated heterocycles. The minimum Gasteiger partial charge on any atom is -0.493 e. The number of amides is 2. The van der Waals surface area contributed by atoms with Crippen molar-refractivity contribution in [2.45, 2.75) is 37.9 Å². The van der Waals surface area contributed by atoms with Crippen molar-refractivity contribution in [3.05, 3.63) is 24.5 Å². The predicted molar refractivity (Wildman–Crippen MR) is 116 cm³/mol. The molecule has 3 aliphatic heterocycles. The number of nitrogens with one attached hydrogen (secondary N) is 1. The van der Waals surface area contributed by atoms with Crippen LogP contribution >= 0.6 is 0 Å². The molecule has 0 saturated carbocycles. The fourth-order valence-electron chi connectivity index (χ4n) is 4.89. The van der Waals surface area contributed by atoms with Crippen molar-refractivity contribution < 1.29 is 23.1 Å². The maximum absolute atomic E-state index is 13.3. The monoisotopic (exact) mass is 463 g/mol. The van der Waals surface area contributed by atoms with Gasteiger partial charge in [-0.25, -0.2) is 19.7 Å². The maximum Gasteiger partial charge on any atom is 0.393 e. The van der Waals surface area contributed by atoms with Gasteiger partial charge in [0.05, 0.1) is 17.6 Å². The Morgan fingerprint density at radius 1 is 1.09 bits per heavy atom. The highest BCUT2D eigenvalue weighted by atomic mass is 19.4. The number of halogens is 3. The number of rotatable bonds is 2. The van der Waals surface area contributed by atoms with Crippen LogP contribution in [0.1, 0.15) is 25.7 Å². The first kappa shape index (κ1) is 21.5. The normalized spacial score (nSPS) is 22.7. The van der Waals surface area contributed by atoms with Gasteiger partial charge >= 0.3 is 12.2 Å². The fourth-order valence-corrected chi connectivity index (χ4v) is 4.89. The Hall–Kier alpha value is -3.31. The van der Waals surface area contributed by atoms with E-state index in [0.29, 0.717) is 31.1 Å². The molecule has 0 aromatic carbocycles. The summed E-state index contributed by atoms with van der Waals surface area (Å²) in [6.07, 6.45) is -0.875. The Morgan fingerprint density at radius 2 is 1.88 bits per heavy atom. The third kappa shape index (κ3) is 4.21. The van der Waals surface area contributed by atoms with Gasteiger partial charge in [0.15, 0.2) is 5.82 Å². The van der Waals surface area contributed by atoms with Gasteiger partial charge in [-0.2, -0.15) is 13.2 Å². The molecule has 2 fully saturated rings. The molecule has 1 unspecified atom stereocenters. The third-order valence-corrected chi connectivity index (χ3v) is 6.49. The number of hydrogen-bond donors (Lipinski definition) is 2. The van der Waals surface area contributed by atoms with E-state index < -0.39 is 18.1 Å². The molecule has 2 aromatic heterocycles. The molecule has 0 spiro atoms. The second-order valence-corrected chi connectivity index (χ2v) is 8.64. The highest BCUT2D eigenvalue weighted by molar-refractivity contribution is 6.04. The Labute approximate surface area is 188 Å². The minimum absolute atomic E-state index is 0.112. The summed E-state index contributed by atoms with van der Waals surface area (Å²) >= 11 is 0. The first-order valence-corrected chi connectivity index (χ1v) is 11.0. The molecule has 5 rings (SSSR count). The lowest BCUT2D eigenvalue weighted by atomic mass is 9.97. The molecule has 2 amide bonds. The van der Waals surface area contributed by atoms with Gasteiger partial charge in [-0.15, -0.1) is 0 Å². The van der Waals surface area contributed by atoms with E-state index in [1.807, 2.05) is 6.07 Å². The number of aromatic nitrogens is 3. The molecule has 9 nitrogen and oxygen atoms in total. The summed E-state index contributed by atoms with van der Waals surface area (Å²) < 4.78 is 40.0. The van der Waals surface area contributed by atoms with Crippen LogP contribution < -0.4 is 20.0 Å². The van der Waals surface area contributed by atoms with E-state index in [0.717, 1.165) is 31.4 Å². The number of nitrogens with zero attached hydrogens (tertiary/aromatic N) is 6. The number of alkyl halides is 3. The second-order valence-electron chi connectivity index (χ2n) is 8.64. The van der Waals surface area contributed by atoms with E-state index in [4.69, 9.17) is 4.98 Å². The van der Waals surface area contributed by atoms with Crippen LogP contribution in [0.25, 0.3) is 0 Å². The molecule has 12 heteroatoms. The number of pyridine rings is 1. The van der Waals surface area contributed by atoms with Crippen LogP contribution in [-0.4, -0.2) is 64.5 Å². The lowest BCUT2D eigenvalue weighted by Gasteiger charge is -2.46.